The average Bonchev–Trinajstić information content (AvgIpc) is 2.66. The molecule has 0 radical (unpaired) electrons. The van der Waals surface area contributed by atoms with Crippen LogP contribution in [0.15, 0.2) is 54.6 Å². The lowest BCUT2D eigenvalue weighted by molar-refractivity contribution is -0.682. The van der Waals surface area contributed by atoms with Gasteiger partial charge in [0.2, 0.25) is 5.91 Å². The maximum Gasteiger partial charge on any atom is 0.230 e. The van der Waals surface area contributed by atoms with E-state index in [9.17, 15) is 14.7 Å². The minimum Gasteiger partial charge on any atom is -0.544 e. The number of carbonyl (C=O) groups excluding carboxylic acids is 2. The minimum absolute atomic E-state index is 0.153. The molecule has 2 aromatic rings. The molecule has 4 N–H and O–H groups in total. The molecule has 0 saturated heterocycles. The Hall–Kier alpha value is -2.90. The van der Waals surface area contributed by atoms with Crippen molar-refractivity contribution < 1.29 is 24.7 Å². The Morgan fingerprint density at radius 1 is 1.04 bits per heavy atom. The lowest BCUT2D eigenvalue weighted by Gasteiger charge is -2.16. The highest BCUT2D eigenvalue weighted by Crippen LogP contribution is 2.18. The van der Waals surface area contributed by atoms with E-state index in [4.69, 9.17) is 4.74 Å². The summed E-state index contributed by atoms with van der Waals surface area (Å²) in [5.41, 5.74) is 2.46. The molecule has 0 bridgehead atoms. The Morgan fingerprint density at radius 2 is 1.67 bits per heavy atom. The number of ether oxygens (including phenoxy) is 1. The van der Waals surface area contributed by atoms with E-state index in [2.05, 4.69) is 10.6 Å². The van der Waals surface area contributed by atoms with Gasteiger partial charge in [0.1, 0.15) is 6.04 Å². The smallest absolute Gasteiger partial charge is 0.230 e. The number of carboxylic acid groups (broad SMARTS) is 1. The molecule has 0 fully saturated rings. The summed E-state index contributed by atoms with van der Waals surface area (Å²) in [5, 5.41) is 18.8. The third-order valence-corrected chi connectivity index (χ3v) is 3.94. The van der Waals surface area contributed by atoms with E-state index in [1.165, 1.54) is 0 Å². The van der Waals surface area contributed by atoms with Crippen LogP contribution in [0, 0.1) is 0 Å². The number of quaternary nitrogens is 1. The Bertz CT molecular complexity index is 720. The highest BCUT2D eigenvalue weighted by atomic mass is 16.5. The fourth-order valence-corrected chi connectivity index (χ4v) is 2.55. The summed E-state index contributed by atoms with van der Waals surface area (Å²) in [6.07, 6.45) is 0.553. The molecule has 0 spiro atoms. The molecule has 7 nitrogen and oxygen atoms in total. The molecule has 0 unspecified atom stereocenters. The number of nitrogens with two attached hydrogens (primary N) is 1. The number of rotatable bonds is 11. The number of benzene rings is 2. The van der Waals surface area contributed by atoms with Gasteiger partial charge in [0.05, 0.1) is 25.5 Å². The average molecular weight is 371 g/mol. The Morgan fingerprint density at radius 3 is 2.30 bits per heavy atom. The van der Waals surface area contributed by atoms with Crippen molar-refractivity contribution in [2.24, 2.45) is 0 Å². The van der Waals surface area contributed by atoms with Gasteiger partial charge in [0, 0.05) is 30.6 Å². The third kappa shape index (κ3) is 7.47. The van der Waals surface area contributed by atoms with Crippen LogP contribution in [0.25, 0.3) is 0 Å². The molecule has 1 amide bonds. The molecule has 2 rings (SSSR count). The van der Waals surface area contributed by atoms with Gasteiger partial charge in [-0.15, -0.1) is 0 Å². The van der Waals surface area contributed by atoms with E-state index in [0.717, 1.165) is 11.4 Å². The van der Waals surface area contributed by atoms with Crippen molar-refractivity contribution in [2.75, 3.05) is 30.9 Å². The quantitative estimate of drug-likeness (QED) is 0.498. The van der Waals surface area contributed by atoms with E-state index >= 15 is 0 Å². The molecule has 2 aromatic carbocycles. The number of hydrogen-bond donors (Lipinski definition) is 3. The van der Waals surface area contributed by atoms with Crippen LogP contribution in [0.3, 0.4) is 0 Å². The van der Waals surface area contributed by atoms with Crippen molar-refractivity contribution in [3.8, 4) is 0 Å². The highest BCUT2D eigenvalue weighted by molar-refractivity contribution is 5.93. The number of aliphatic carboxylic acids is 1. The molecule has 0 aromatic heterocycles. The van der Waals surface area contributed by atoms with Crippen molar-refractivity contribution in [3.05, 3.63) is 54.6 Å². The number of amides is 1. The Labute approximate surface area is 158 Å². The van der Waals surface area contributed by atoms with Crippen molar-refractivity contribution in [3.63, 3.8) is 0 Å². The first-order valence-corrected chi connectivity index (χ1v) is 8.83. The third-order valence-electron chi connectivity index (χ3n) is 3.94. The van der Waals surface area contributed by atoms with Crippen LogP contribution in [0.2, 0.25) is 0 Å². The van der Waals surface area contributed by atoms with Crippen LogP contribution >= 0.6 is 0 Å². The maximum absolute atomic E-state index is 12.1. The second kappa shape index (κ2) is 10.9. The molecular weight excluding hydrogens is 346 g/mol. The fourth-order valence-electron chi connectivity index (χ4n) is 2.55. The van der Waals surface area contributed by atoms with E-state index in [-0.39, 0.29) is 12.3 Å². The Balaban J connectivity index is 1.84. The topological polar surface area (TPSA) is 107 Å². The number of para-hydroxylation sites is 1. The summed E-state index contributed by atoms with van der Waals surface area (Å²) >= 11 is 0. The normalized spacial score (nSPS) is 11.6. The van der Waals surface area contributed by atoms with Crippen molar-refractivity contribution >= 4 is 28.9 Å². The zero-order valence-corrected chi connectivity index (χ0v) is 15.3. The number of methoxy groups -OCH3 is 1. The van der Waals surface area contributed by atoms with Crippen LogP contribution < -0.4 is 21.1 Å². The zero-order valence-electron chi connectivity index (χ0n) is 15.3. The summed E-state index contributed by atoms with van der Waals surface area (Å²) in [5.74, 6) is -1.61. The maximum atomic E-state index is 12.1. The van der Waals surface area contributed by atoms with Crippen molar-refractivity contribution in [2.45, 2.75) is 18.9 Å². The number of anilines is 3. The molecule has 0 saturated carbocycles. The van der Waals surface area contributed by atoms with Gasteiger partial charge < -0.3 is 30.6 Å². The molecule has 0 heterocycles. The summed E-state index contributed by atoms with van der Waals surface area (Å²) in [7, 11) is 1.59. The van der Waals surface area contributed by atoms with E-state index < -0.39 is 12.0 Å². The van der Waals surface area contributed by atoms with Gasteiger partial charge in [-0.05, 0) is 36.4 Å². The standard InChI is InChI=1S/C20H25N3O4/c1-27-13-5-12-21-18(20(25)26)14-19(24)23-17-10-8-16(9-11-17)22-15-6-3-2-4-7-15/h2-4,6-11,18,21-22H,5,12-14H2,1H3,(H,23,24)(H,25,26)/t18-/m0/s1. The Kier molecular flexibility index (Phi) is 8.28. The molecule has 7 heteroatoms. The van der Waals surface area contributed by atoms with Gasteiger partial charge in [0.25, 0.3) is 0 Å². The molecule has 0 aliphatic heterocycles. The molecule has 0 aliphatic rings. The monoisotopic (exact) mass is 371 g/mol. The fraction of sp³-hybridized carbons (Fsp3) is 0.300. The van der Waals surface area contributed by atoms with Gasteiger partial charge in [-0.2, -0.15) is 0 Å². The van der Waals surface area contributed by atoms with Gasteiger partial charge in [-0.25, -0.2) is 0 Å². The van der Waals surface area contributed by atoms with Crippen LogP contribution in [0.4, 0.5) is 17.1 Å². The molecular formula is C20H25N3O4. The second-order valence-electron chi connectivity index (χ2n) is 6.12. The van der Waals surface area contributed by atoms with Gasteiger partial charge >= 0.3 is 0 Å². The first-order valence-electron chi connectivity index (χ1n) is 8.83. The minimum atomic E-state index is -1.25. The SMILES string of the molecule is COCCC[NH2+][C@@H](CC(=O)Nc1ccc(Nc2ccccc2)cc1)C(=O)[O-]. The summed E-state index contributed by atoms with van der Waals surface area (Å²) in [6.45, 7) is 1.10. The van der Waals surface area contributed by atoms with Crippen molar-refractivity contribution in [1.82, 2.24) is 0 Å². The van der Waals surface area contributed by atoms with Gasteiger partial charge in [-0.3, -0.25) is 4.79 Å². The van der Waals surface area contributed by atoms with E-state index in [0.29, 0.717) is 25.3 Å². The van der Waals surface area contributed by atoms with Gasteiger partial charge in [0.15, 0.2) is 0 Å². The van der Waals surface area contributed by atoms with Crippen LogP contribution in [-0.2, 0) is 14.3 Å². The second-order valence-corrected chi connectivity index (χ2v) is 6.12. The molecule has 0 aliphatic carbocycles. The first kappa shape index (κ1) is 20.4. The number of carbonyl (C=O) groups is 2. The lowest BCUT2D eigenvalue weighted by Crippen LogP contribution is -2.93. The zero-order chi connectivity index (χ0) is 19.5. The van der Waals surface area contributed by atoms with Crippen LogP contribution in [-0.4, -0.2) is 38.2 Å². The molecule has 27 heavy (non-hydrogen) atoms. The largest absolute Gasteiger partial charge is 0.544 e. The first-order chi connectivity index (χ1) is 13.1. The number of carboxylic acids is 1. The van der Waals surface area contributed by atoms with Crippen LogP contribution in [0.1, 0.15) is 12.8 Å². The number of nitrogens with one attached hydrogen (secondary N) is 2. The molecule has 144 valence electrons. The van der Waals surface area contributed by atoms with Crippen LogP contribution in [0.5, 0.6) is 0 Å². The number of hydrogen-bond acceptors (Lipinski definition) is 5. The summed E-state index contributed by atoms with van der Waals surface area (Å²) < 4.78 is 4.92. The predicted octanol–water partition coefficient (Wildman–Crippen LogP) is 0.477. The summed E-state index contributed by atoms with van der Waals surface area (Å²) in [4.78, 5) is 23.3. The predicted molar refractivity (Wildman–Crippen MR) is 101 cm³/mol. The van der Waals surface area contributed by atoms with Gasteiger partial charge in [-0.1, -0.05) is 18.2 Å². The molecule has 1 atom stereocenters. The lowest BCUT2D eigenvalue weighted by atomic mass is 10.2. The van der Waals surface area contributed by atoms with E-state index in [1.54, 1.807) is 24.6 Å². The van der Waals surface area contributed by atoms with Crippen molar-refractivity contribution in [1.29, 1.82) is 0 Å². The summed E-state index contributed by atoms with van der Waals surface area (Å²) in [6, 6.07) is 16.0. The highest BCUT2D eigenvalue weighted by Gasteiger charge is 2.18. The van der Waals surface area contributed by atoms with E-state index in [1.807, 2.05) is 42.5 Å².